The van der Waals surface area contributed by atoms with Crippen molar-refractivity contribution in [2.75, 3.05) is 27.3 Å². The minimum absolute atomic E-state index is 0.0145. The Morgan fingerprint density at radius 3 is 2.55 bits per heavy atom. The molecule has 1 saturated heterocycles. The second kappa shape index (κ2) is 9.45. The molecule has 0 saturated carbocycles. The van der Waals surface area contributed by atoms with E-state index in [2.05, 4.69) is 5.32 Å². The van der Waals surface area contributed by atoms with Crippen LogP contribution in [0.5, 0.6) is 11.5 Å². The van der Waals surface area contributed by atoms with Crippen molar-refractivity contribution in [1.29, 1.82) is 0 Å². The zero-order valence-electron chi connectivity index (χ0n) is 17.2. The number of benzene rings is 2. The Hall–Kier alpha value is -3.02. The quantitative estimate of drug-likeness (QED) is 0.814. The van der Waals surface area contributed by atoms with Crippen LogP contribution >= 0.6 is 0 Å². The molecule has 3 rings (SSSR count). The maximum atomic E-state index is 12.8. The van der Waals surface area contributed by atoms with E-state index in [0.717, 1.165) is 24.0 Å². The van der Waals surface area contributed by atoms with E-state index in [0.29, 0.717) is 36.7 Å². The standard InChI is InChI=1S/C23H28N2O4/c1-16-6-8-17(9-7-16)23(27)25-12-4-5-19(15-25)22(26)24-14-18-10-11-20(28-2)13-21(18)29-3/h6-11,13,19H,4-5,12,14-15H2,1-3H3,(H,24,26). The highest BCUT2D eigenvalue weighted by atomic mass is 16.5. The van der Waals surface area contributed by atoms with Gasteiger partial charge < -0.3 is 19.7 Å². The molecule has 154 valence electrons. The number of methoxy groups -OCH3 is 2. The van der Waals surface area contributed by atoms with Crippen molar-refractivity contribution in [3.8, 4) is 11.5 Å². The maximum Gasteiger partial charge on any atom is 0.253 e. The van der Waals surface area contributed by atoms with E-state index in [1.807, 2.05) is 43.3 Å². The van der Waals surface area contributed by atoms with Crippen molar-refractivity contribution in [3.63, 3.8) is 0 Å². The van der Waals surface area contributed by atoms with Gasteiger partial charge in [-0.3, -0.25) is 9.59 Å². The molecule has 1 aliphatic rings. The topological polar surface area (TPSA) is 67.9 Å². The number of hydrogen-bond donors (Lipinski definition) is 1. The van der Waals surface area contributed by atoms with Gasteiger partial charge in [0.2, 0.25) is 5.91 Å². The Morgan fingerprint density at radius 1 is 1.10 bits per heavy atom. The van der Waals surface area contributed by atoms with Gasteiger partial charge in [-0.05, 0) is 44.0 Å². The molecular weight excluding hydrogens is 368 g/mol. The van der Waals surface area contributed by atoms with Gasteiger partial charge >= 0.3 is 0 Å². The van der Waals surface area contributed by atoms with Gasteiger partial charge in [0.1, 0.15) is 11.5 Å². The molecule has 1 fully saturated rings. The van der Waals surface area contributed by atoms with E-state index < -0.39 is 0 Å². The SMILES string of the molecule is COc1ccc(CNC(=O)C2CCCN(C(=O)c3ccc(C)cc3)C2)c(OC)c1. The summed E-state index contributed by atoms with van der Waals surface area (Å²) in [7, 11) is 3.19. The molecule has 29 heavy (non-hydrogen) atoms. The van der Waals surface area contributed by atoms with E-state index in [1.54, 1.807) is 25.2 Å². The van der Waals surface area contributed by atoms with Crippen LogP contribution in [0.4, 0.5) is 0 Å². The van der Waals surface area contributed by atoms with Crippen LogP contribution in [0, 0.1) is 12.8 Å². The molecule has 1 heterocycles. The Balaban J connectivity index is 1.60. The Labute approximate surface area is 171 Å². The van der Waals surface area contributed by atoms with Crippen molar-refractivity contribution in [2.45, 2.75) is 26.3 Å². The molecule has 0 aromatic heterocycles. The summed E-state index contributed by atoms with van der Waals surface area (Å²) in [5, 5.41) is 2.99. The monoisotopic (exact) mass is 396 g/mol. The van der Waals surface area contributed by atoms with Gasteiger partial charge in [0.25, 0.3) is 5.91 Å². The number of carbonyl (C=O) groups is 2. The average Bonchev–Trinajstić information content (AvgIpc) is 2.77. The first-order valence-electron chi connectivity index (χ1n) is 9.86. The maximum absolute atomic E-state index is 12.8. The van der Waals surface area contributed by atoms with Gasteiger partial charge in [0, 0.05) is 36.8 Å². The summed E-state index contributed by atoms with van der Waals surface area (Å²) >= 11 is 0. The Kier molecular flexibility index (Phi) is 6.75. The molecule has 0 spiro atoms. The van der Waals surface area contributed by atoms with Crippen molar-refractivity contribution in [3.05, 3.63) is 59.2 Å². The summed E-state index contributed by atoms with van der Waals surface area (Å²) in [4.78, 5) is 27.3. The van der Waals surface area contributed by atoms with Crippen molar-refractivity contribution < 1.29 is 19.1 Å². The van der Waals surface area contributed by atoms with Gasteiger partial charge in [-0.1, -0.05) is 17.7 Å². The van der Waals surface area contributed by atoms with Crippen LogP contribution in [0.3, 0.4) is 0 Å². The van der Waals surface area contributed by atoms with E-state index in [-0.39, 0.29) is 17.7 Å². The fraction of sp³-hybridized carbons (Fsp3) is 0.391. The second-order valence-corrected chi connectivity index (χ2v) is 7.35. The van der Waals surface area contributed by atoms with Crippen LogP contribution in [0.1, 0.15) is 34.3 Å². The fourth-order valence-electron chi connectivity index (χ4n) is 3.58. The summed E-state index contributed by atoms with van der Waals surface area (Å²) < 4.78 is 10.6. The molecule has 2 aromatic rings. The highest BCUT2D eigenvalue weighted by Gasteiger charge is 2.28. The normalized spacial score (nSPS) is 16.2. The minimum atomic E-state index is -0.206. The first-order chi connectivity index (χ1) is 14.0. The molecule has 2 aromatic carbocycles. The van der Waals surface area contributed by atoms with Crippen molar-refractivity contribution in [1.82, 2.24) is 10.2 Å². The molecule has 6 heteroatoms. The van der Waals surface area contributed by atoms with Crippen LogP contribution in [0.2, 0.25) is 0 Å². The van der Waals surface area contributed by atoms with Crippen LogP contribution < -0.4 is 14.8 Å². The molecule has 2 amide bonds. The van der Waals surface area contributed by atoms with Crippen molar-refractivity contribution in [2.24, 2.45) is 5.92 Å². The lowest BCUT2D eigenvalue weighted by Crippen LogP contribution is -2.45. The zero-order chi connectivity index (χ0) is 20.8. The third-order valence-electron chi connectivity index (χ3n) is 5.33. The third kappa shape index (κ3) is 5.08. The van der Waals surface area contributed by atoms with E-state index in [4.69, 9.17) is 9.47 Å². The number of carbonyl (C=O) groups excluding carboxylic acids is 2. The minimum Gasteiger partial charge on any atom is -0.497 e. The van der Waals surface area contributed by atoms with E-state index in [1.165, 1.54) is 0 Å². The number of likely N-dealkylation sites (tertiary alicyclic amines) is 1. The summed E-state index contributed by atoms with van der Waals surface area (Å²) in [6.07, 6.45) is 1.60. The largest absolute Gasteiger partial charge is 0.497 e. The first kappa shape index (κ1) is 20.7. The number of amides is 2. The lowest BCUT2D eigenvalue weighted by Gasteiger charge is -2.32. The molecule has 1 atom stereocenters. The highest BCUT2D eigenvalue weighted by Crippen LogP contribution is 2.25. The molecule has 1 unspecified atom stereocenters. The molecule has 1 aliphatic heterocycles. The fourth-order valence-corrected chi connectivity index (χ4v) is 3.58. The summed E-state index contributed by atoms with van der Waals surface area (Å²) in [6, 6.07) is 13.1. The van der Waals surface area contributed by atoms with Gasteiger partial charge in [-0.25, -0.2) is 0 Å². The van der Waals surface area contributed by atoms with Crippen LogP contribution in [0.25, 0.3) is 0 Å². The molecule has 0 bridgehead atoms. The smallest absolute Gasteiger partial charge is 0.253 e. The number of rotatable bonds is 6. The molecular formula is C23H28N2O4. The van der Waals surface area contributed by atoms with Crippen molar-refractivity contribution >= 4 is 11.8 Å². The Bertz CT molecular complexity index is 864. The van der Waals surface area contributed by atoms with Gasteiger partial charge in [0.15, 0.2) is 0 Å². The summed E-state index contributed by atoms with van der Waals surface area (Å²) in [5.74, 6) is 1.12. The number of nitrogens with one attached hydrogen (secondary N) is 1. The first-order valence-corrected chi connectivity index (χ1v) is 9.86. The molecule has 6 nitrogen and oxygen atoms in total. The van der Waals surface area contributed by atoms with Crippen LogP contribution in [-0.4, -0.2) is 44.0 Å². The zero-order valence-corrected chi connectivity index (χ0v) is 17.2. The number of aryl methyl sites for hydroxylation is 1. The lowest BCUT2D eigenvalue weighted by atomic mass is 9.96. The molecule has 1 N–H and O–H groups in total. The van der Waals surface area contributed by atoms with Gasteiger partial charge in [0.05, 0.1) is 20.1 Å². The summed E-state index contributed by atoms with van der Waals surface area (Å²) in [5.41, 5.74) is 2.66. The number of piperidine rings is 1. The average molecular weight is 396 g/mol. The number of ether oxygens (including phenoxy) is 2. The second-order valence-electron chi connectivity index (χ2n) is 7.35. The Morgan fingerprint density at radius 2 is 1.86 bits per heavy atom. The van der Waals surface area contributed by atoms with Gasteiger partial charge in [-0.2, -0.15) is 0 Å². The number of hydrogen-bond acceptors (Lipinski definition) is 4. The highest BCUT2D eigenvalue weighted by molar-refractivity contribution is 5.94. The third-order valence-corrected chi connectivity index (χ3v) is 5.33. The van der Waals surface area contributed by atoms with E-state index >= 15 is 0 Å². The number of nitrogens with zero attached hydrogens (tertiary/aromatic N) is 1. The lowest BCUT2D eigenvalue weighted by molar-refractivity contribution is -0.126. The predicted molar refractivity (Wildman–Crippen MR) is 111 cm³/mol. The van der Waals surface area contributed by atoms with E-state index in [9.17, 15) is 9.59 Å². The van der Waals surface area contributed by atoms with Crippen LogP contribution in [-0.2, 0) is 11.3 Å². The molecule has 0 radical (unpaired) electrons. The molecule has 0 aliphatic carbocycles. The van der Waals surface area contributed by atoms with Crippen LogP contribution in [0.15, 0.2) is 42.5 Å². The van der Waals surface area contributed by atoms with Gasteiger partial charge in [-0.15, -0.1) is 0 Å². The predicted octanol–water partition coefficient (Wildman–Crippen LogP) is 3.18. The summed E-state index contributed by atoms with van der Waals surface area (Å²) in [6.45, 7) is 3.49.